The number of nitrogens with two attached hydrogens (primary N) is 1. The van der Waals surface area contributed by atoms with Crippen LogP contribution < -0.4 is 5.73 Å². The molecule has 0 aliphatic carbocycles. The Labute approximate surface area is 146 Å². The molecule has 1 nitrogen and oxygen atoms in total. The first kappa shape index (κ1) is 15.0. The molecule has 0 aliphatic rings. The summed E-state index contributed by atoms with van der Waals surface area (Å²) in [5, 5.41) is 2.46. The monoisotopic (exact) mass is 451 g/mol. The van der Waals surface area contributed by atoms with E-state index in [2.05, 4.69) is 99.2 Å². The molecular weight excluding hydrogens is 437 g/mol. The predicted molar refractivity (Wildman–Crippen MR) is 101 cm³/mol. The molecule has 3 heteroatoms. The van der Waals surface area contributed by atoms with Gasteiger partial charge in [-0.2, -0.15) is 0 Å². The van der Waals surface area contributed by atoms with E-state index >= 15 is 0 Å². The van der Waals surface area contributed by atoms with Crippen molar-refractivity contribution in [1.29, 1.82) is 0 Å². The minimum atomic E-state index is 0.0260. The molecule has 1 atom stereocenters. The molecule has 0 aromatic heterocycles. The fraction of sp³-hybridized carbons (Fsp3) is 0.111. The molecule has 0 saturated heterocycles. The molecule has 0 aliphatic heterocycles. The van der Waals surface area contributed by atoms with Crippen LogP contribution in [0.3, 0.4) is 0 Å². The van der Waals surface area contributed by atoms with E-state index in [0.717, 1.165) is 10.9 Å². The highest BCUT2D eigenvalue weighted by molar-refractivity contribution is 14.1. The average Bonchev–Trinajstić information content (AvgIpc) is 2.49. The molecule has 0 heterocycles. The lowest BCUT2D eigenvalue weighted by Gasteiger charge is -2.13. The first-order valence-corrected chi connectivity index (χ1v) is 8.68. The van der Waals surface area contributed by atoms with Crippen LogP contribution in [0.2, 0.25) is 0 Å². The molecule has 1 unspecified atom stereocenters. The zero-order valence-corrected chi connectivity index (χ0v) is 15.1. The fourth-order valence-corrected chi connectivity index (χ4v) is 3.20. The van der Waals surface area contributed by atoms with Gasteiger partial charge in [0.2, 0.25) is 0 Å². The van der Waals surface area contributed by atoms with Gasteiger partial charge in [0.25, 0.3) is 0 Å². The summed E-state index contributed by atoms with van der Waals surface area (Å²) < 4.78 is 2.35. The summed E-state index contributed by atoms with van der Waals surface area (Å²) in [6.45, 7) is 0. The third kappa shape index (κ3) is 3.65. The van der Waals surface area contributed by atoms with Crippen molar-refractivity contribution in [2.45, 2.75) is 12.5 Å². The zero-order chi connectivity index (χ0) is 14.8. The Morgan fingerprint density at radius 1 is 0.905 bits per heavy atom. The summed E-state index contributed by atoms with van der Waals surface area (Å²) >= 11 is 5.82. The van der Waals surface area contributed by atoms with Crippen LogP contribution in [-0.2, 0) is 6.42 Å². The van der Waals surface area contributed by atoms with E-state index in [0.29, 0.717) is 0 Å². The van der Waals surface area contributed by atoms with Gasteiger partial charge in [-0.05, 0) is 81.2 Å². The van der Waals surface area contributed by atoms with Crippen LogP contribution in [0.5, 0.6) is 0 Å². The largest absolute Gasteiger partial charge is 0.324 e. The van der Waals surface area contributed by atoms with Crippen molar-refractivity contribution in [1.82, 2.24) is 0 Å². The van der Waals surface area contributed by atoms with Crippen LogP contribution in [0, 0.1) is 3.57 Å². The maximum atomic E-state index is 6.37. The number of benzene rings is 3. The molecule has 0 radical (unpaired) electrons. The minimum absolute atomic E-state index is 0.0260. The predicted octanol–water partition coefficient (Wildman–Crippen LogP) is 5.45. The molecule has 3 aromatic carbocycles. The quantitative estimate of drug-likeness (QED) is 0.526. The van der Waals surface area contributed by atoms with Gasteiger partial charge < -0.3 is 5.73 Å². The van der Waals surface area contributed by atoms with Gasteiger partial charge in [-0.3, -0.25) is 0 Å². The lowest BCUT2D eigenvalue weighted by molar-refractivity contribution is 0.723. The number of hydrogen-bond donors (Lipinski definition) is 1. The van der Waals surface area contributed by atoms with E-state index in [9.17, 15) is 0 Å². The molecule has 0 spiro atoms. The summed E-state index contributed by atoms with van der Waals surface area (Å²) in [4.78, 5) is 0. The Morgan fingerprint density at radius 2 is 1.57 bits per heavy atom. The zero-order valence-electron chi connectivity index (χ0n) is 11.4. The lowest BCUT2D eigenvalue weighted by Crippen LogP contribution is -2.13. The Hall–Kier alpha value is -0.910. The second-order valence-electron chi connectivity index (χ2n) is 5.19. The van der Waals surface area contributed by atoms with E-state index in [-0.39, 0.29) is 6.04 Å². The molecule has 0 saturated carbocycles. The SMILES string of the molecule is NC(Cc1ccc(I)cc1)c1ccc2cc(Br)ccc2c1. The Bertz CT molecular complexity index is 768. The molecule has 0 amide bonds. The van der Waals surface area contributed by atoms with Gasteiger partial charge in [-0.15, -0.1) is 0 Å². The smallest absolute Gasteiger partial charge is 0.0335 e. The van der Waals surface area contributed by atoms with Crippen molar-refractivity contribution < 1.29 is 0 Å². The summed E-state index contributed by atoms with van der Waals surface area (Å²) in [5.74, 6) is 0. The van der Waals surface area contributed by atoms with Crippen LogP contribution >= 0.6 is 38.5 Å². The summed E-state index contributed by atoms with van der Waals surface area (Å²) in [6.07, 6.45) is 0.860. The normalized spacial score (nSPS) is 12.5. The van der Waals surface area contributed by atoms with Crippen LogP contribution in [0.15, 0.2) is 65.1 Å². The van der Waals surface area contributed by atoms with Gasteiger partial charge in [-0.25, -0.2) is 0 Å². The van der Waals surface area contributed by atoms with E-state index < -0.39 is 0 Å². The first-order valence-electron chi connectivity index (χ1n) is 6.81. The van der Waals surface area contributed by atoms with E-state index in [4.69, 9.17) is 5.73 Å². The second-order valence-corrected chi connectivity index (χ2v) is 7.35. The highest BCUT2D eigenvalue weighted by Gasteiger charge is 2.08. The van der Waals surface area contributed by atoms with Crippen molar-refractivity contribution in [2.24, 2.45) is 5.73 Å². The Balaban J connectivity index is 1.85. The molecule has 0 fully saturated rings. The molecular formula is C18H15BrIN. The van der Waals surface area contributed by atoms with Gasteiger partial charge in [0.05, 0.1) is 0 Å². The van der Waals surface area contributed by atoms with Crippen LogP contribution in [-0.4, -0.2) is 0 Å². The highest BCUT2D eigenvalue weighted by atomic mass is 127. The van der Waals surface area contributed by atoms with Crippen molar-refractivity contribution in [3.05, 3.63) is 79.8 Å². The Kier molecular flexibility index (Phi) is 4.62. The molecule has 106 valence electrons. The van der Waals surface area contributed by atoms with Gasteiger partial charge in [0.1, 0.15) is 0 Å². The highest BCUT2D eigenvalue weighted by Crippen LogP contribution is 2.24. The third-order valence-electron chi connectivity index (χ3n) is 3.62. The summed E-state index contributed by atoms with van der Waals surface area (Å²) in [6, 6.07) is 21.4. The third-order valence-corrected chi connectivity index (χ3v) is 4.84. The standard InChI is InChI=1S/C18H15BrIN/c19-16-6-5-13-10-15(4-3-14(13)11-16)18(21)9-12-1-7-17(20)8-2-12/h1-8,10-11,18H,9,21H2. The van der Waals surface area contributed by atoms with Crippen molar-refractivity contribution in [3.8, 4) is 0 Å². The second kappa shape index (κ2) is 6.46. The minimum Gasteiger partial charge on any atom is -0.324 e. The summed E-state index contributed by atoms with van der Waals surface area (Å²) in [7, 11) is 0. The molecule has 3 rings (SSSR count). The van der Waals surface area contributed by atoms with Gasteiger partial charge in [-0.1, -0.05) is 46.3 Å². The van der Waals surface area contributed by atoms with E-state index in [1.165, 1.54) is 25.5 Å². The number of halogens is 2. The summed E-state index contributed by atoms with van der Waals surface area (Å²) in [5.41, 5.74) is 8.84. The van der Waals surface area contributed by atoms with Crippen LogP contribution in [0.25, 0.3) is 10.8 Å². The maximum absolute atomic E-state index is 6.37. The molecule has 3 aromatic rings. The maximum Gasteiger partial charge on any atom is 0.0335 e. The van der Waals surface area contributed by atoms with Gasteiger partial charge in [0, 0.05) is 14.1 Å². The van der Waals surface area contributed by atoms with Crippen LogP contribution in [0.4, 0.5) is 0 Å². The van der Waals surface area contributed by atoms with Crippen molar-refractivity contribution in [3.63, 3.8) is 0 Å². The molecule has 21 heavy (non-hydrogen) atoms. The molecule has 2 N–H and O–H groups in total. The van der Waals surface area contributed by atoms with Gasteiger partial charge in [0.15, 0.2) is 0 Å². The van der Waals surface area contributed by atoms with Gasteiger partial charge >= 0.3 is 0 Å². The lowest BCUT2D eigenvalue weighted by atomic mass is 9.97. The number of rotatable bonds is 3. The fourth-order valence-electron chi connectivity index (χ4n) is 2.46. The first-order chi connectivity index (χ1) is 10.1. The number of fused-ring (bicyclic) bond motifs is 1. The topological polar surface area (TPSA) is 26.0 Å². The van der Waals surface area contributed by atoms with Crippen molar-refractivity contribution >= 4 is 49.3 Å². The van der Waals surface area contributed by atoms with E-state index in [1.807, 2.05) is 0 Å². The van der Waals surface area contributed by atoms with E-state index in [1.54, 1.807) is 0 Å². The number of hydrogen-bond acceptors (Lipinski definition) is 1. The molecule has 0 bridgehead atoms. The van der Waals surface area contributed by atoms with Crippen molar-refractivity contribution in [2.75, 3.05) is 0 Å². The average molecular weight is 452 g/mol. The Morgan fingerprint density at radius 3 is 2.33 bits per heavy atom. The van der Waals surface area contributed by atoms with Crippen LogP contribution in [0.1, 0.15) is 17.2 Å².